The number of H-pyrrole nitrogens is 1. The number of benzene rings is 1. The van der Waals surface area contributed by atoms with Crippen molar-refractivity contribution < 1.29 is 0 Å². The van der Waals surface area contributed by atoms with E-state index in [0.29, 0.717) is 5.41 Å². The summed E-state index contributed by atoms with van der Waals surface area (Å²) in [6.07, 6.45) is 2.14. The van der Waals surface area contributed by atoms with Gasteiger partial charge < -0.3 is 4.98 Å². The molecule has 2 nitrogen and oxygen atoms in total. The largest absolute Gasteiger partial charge is 0.342 e. The standard InChI is InChI=1S/C13H17BrN2/c1-13(2,9-14)8-7-12-15-10-5-3-4-6-11(10)16-12/h3-6H,7-9H2,1-2H3,(H,15,16). The van der Waals surface area contributed by atoms with Gasteiger partial charge >= 0.3 is 0 Å². The van der Waals surface area contributed by atoms with Crippen LogP contribution in [0, 0.1) is 5.41 Å². The van der Waals surface area contributed by atoms with Gasteiger partial charge in [0.15, 0.2) is 0 Å². The fourth-order valence-electron chi connectivity index (χ4n) is 1.65. The first-order valence-electron chi connectivity index (χ1n) is 5.60. The molecule has 3 heteroatoms. The Morgan fingerprint density at radius 2 is 2.06 bits per heavy atom. The van der Waals surface area contributed by atoms with E-state index in [2.05, 4.69) is 45.8 Å². The van der Waals surface area contributed by atoms with E-state index in [1.54, 1.807) is 0 Å². The minimum Gasteiger partial charge on any atom is -0.342 e. The molecule has 0 atom stereocenters. The van der Waals surface area contributed by atoms with Crippen LogP contribution in [0.4, 0.5) is 0 Å². The average molecular weight is 281 g/mol. The third-order valence-electron chi connectivity index (χ3n) is 2.84. The van der Waals surface area contributed by atoms with Crippen LogP contribution >= 0.6 is 15.9 Å². The molecule has 0 amide bonds. The van der Waals surface area contributed by atoms with E-state index in [1.807, 2.05) is 18.2 Å². The fourth-order valence-corrected chi connectivity index (χ4v) is 1.93. The van der Waals surface area contributed by atoms with Crippen LogP contribution in [0.1, 0.15) is 26.1 Å². The maximum atomic E-state index is 4.58. The molecule has 0 radical (unpaired) electrons. The van der Waals surface area contributed by atoms with Crippen LogP contribution in [0.2, 0.25) is 0 Å². The second-order valence-electron chi connectivity index (χ2n) is 5.00. The lowest BCUT2D eigenvalue weighted by Gasteiger charge is -2.20. The number of alkyl halides is 1. The van der Waals surface area contributed by atoms with Crippen molar-refractivity contribution in [1.29, 1.82) is 0 Å². The van der Waals surface area contributed by atoms with Gasteiger partial charge in [-0.3, -0.25) is 0 Å². The van der Waals surface area contributed by atoms with E-state index in [4.69, 9.17) is 0 Å². The van der Waals surface area contributed by atoms with Crippen molar-refractivity contribution in [1.82, 2.24) is 9.97 Å². The van der Waals surface area contributed by atoms with Crippen molar-refractivity contribution >= 4 is 27.0 Å². The minimum absolute atomic E-state index is 0.332. The molecule has 0 saturated carbocycles. The molecule has 16 heavy (non-hydrogen) atoms. The molecule has 1 aromatic carbocycles. The van der Waals surface area contributed by atoms with Crippen LogP contribution < -0.4 is 0 Å². The van der Waals surface area contributed by atoms with Gasteiger partial charge in [0.2, 0.25) is 0 Å². The average Bonchev–Trinajstić information content (AvgIpc) is 2.69. The summed E-state index contributed by atoms with van der Waals surface area (Å²) in [5.41, 5.74) is 2.53. The maximum absolute atomic E-state index is 4.58. The zero-order chi connectivity index (χ0) is 11.6. The molecular formula is C13H17BrN2. The van der Waals surface area contributed by atoms with Crippen molar-refractivity contribution in [3.8, 4) is 0 Å². The molecule has 1 aromatic heterocycles. The summed E-state index contributed by atoms with van der Waals surface area (Å²) in [7, 11) is 0. The molecule has 0 spiro atoms. The number of hydrogen-bond acceptors (Lipinski definition) is 1. The zero-order valence-electron chi connectivity index (χ0n) is 9.76. The van der Waals surface area contributed by atoms with E-state index in [0.717, 1.165) is 35.0 Å². The molecule has 1 heterocycles. The van der Waals surface area contributed by atoms with Crippen LogP contribution in [0.3, 0.4) is 0 Å². The minimum atomic E-state index is 0.332. The summed E-state index contributed by atoms with van der Waals surface area (Å²) in [6, 6.07) is 8.18. The van der Waals surface area contributed by atoms with Crippen LogP contribution in [-0.2, 0) is 6.42 Å². The predicted octanol–water partition coefficient (Wildman–Crippen LogP) is 3.92. The normalized spacial score (nSPS) is 12.2. The van der Waals surface area contributed by atoms with Gasteiger partial charge in [-0.2, -0.15) is 0 Å². The molecule has 0 bridgehead atoms. The molecule has 0 aliphatic carbocycles. The Balaban J connectivity index is 2.10. The van der Waals surface area contributed by atoms with Crippen LogP contribution in [0.25, 0.3) is 11.0 Å². The summed E-state index contributed by atoms with van der Waals surface area (Å²) >= 11 is 3.55. The number of aromatic amines is 1. The summed E-state index contributed by atoms with van der Waals surface area (Å²) < 4.78 is 0. The smallest absolute Gasteiger partial charge is 0.107 e. The van der Waals surface area contributed by atoms with E-state index >= 15 is 0 Å². The lowest BCUT2D eigenvalue weighted by Crippen LogP contribution is -2.14. The van der Waals surface area contributed by atoms with Gasteiger partial charge in [-0.15, -0.1) is 0 Å². The highest BCUT2D eigenvalue weighted by atomic mass is 79.9. The monoisotopic (exact) mass is 280 g/mol. The number of para-hydroxylation sites is 2. The van der Waals surface area contributed by atoms with Gasteiger partial charge in [0.05, 0.1) is 11.0 Å². The number of fused-ring (bicyclic) bond motifs is 1. The van der Waals surface area contributed by atoms with Crippen molar-refractivity contribution in [3.63, 3.8) is 0 Å². The summed E-state index contributed by atoms with van der Waals surface area (Å²) in [4.78, 5) is 7.95. The van der Waals surface area contributed by atoms with Gasteiger partial charge in [-0.25, -0.2) is 4.98 Å². The Morgan fingerprint density at radius 3 is 2.75 bits per heavy atom. The third kappa shape index (κ3) is 2.64. The number of aryl methyl sites for hydroxylation is 1. The van der Waals surface area contributed by atoms with Crippen molar-refractivity contribution in [2.75, 3.05) is 5.33 Å². The summed E-state index contributed by atoms with van der Waals surface area (Å²) in [6.45, 7) is 4.54. The first-order valence-corrected chi connectivity index (χ1v) is 6.72. The first-order chi connectivity index (χ1) is 7.61. The molecule has 2 rings (SSSR count). The number of nitrogens with one attached hydrogen (secondary N) is 1. The van der Waals surface area contributed by atoms with Crippen molar-refractivity contribution in [2.45, 2.75) is 26.7 Å². The topological polar surface area (TPSA) is 28.7 Å². The van der Waals surface area contributed by atoms with E-state index < -0.39 is 0 Å². The van der Waals surface area contributed by atoms with Gasteiger partial charge in [0, 0.05) is 11.8 Å². The second kappa shape index (κ2) is 4.58. The third-order valence-corrected chi connectivity index (χ3v) is 4.36. The summed E-state index contributed by atoms with van der Waals surface area (Å²) in [5, 5.41) is 1.03. The molecule has 0 unspecified atom stereocenters. The Morgan fingerprint density at radius 1 is 1.31 bits per heavy atom. The number of rotatable bonds is 4. The van der Waals surface area contributed by atoms with Crippen LogP contribution in [0.15, 0.2) is 24.3 Å². The second-order valence-corrected chi connectivity index (χ2v) is 5.56. The van der Waals surface area contributed by atoms with Gasteiger partial charge in [-0.1, -0.05) is 41.9 Å². The Kier molecular flexibility index (Phi) is 3.33. The number of nitrogens with zero attached hydrogens (tertiary/aromatic N) is 1. The highest BCUT2D eigenvalue weighted by Gasteiger charge is 2.16. The number of aromatic nitrogens is 2. The first kappa shape index (κ1) is 11.6. The lowest BCUT2D eigenvalue weighted by molar-refractivity contribution is 0.387. The lowest BCUT2D eigenvalue weighted by atomic mass is 9.90. The number of halogens is 1. The van der Waals surface area contributed by atoms with Crippen molar-refractivity contribution in [3.05, 3.63) is 30.1 Å². The molecule has 0 fully saturated rings. The highest BCUT2D eigenvalue weighted by Crippen LogP contribution is 2.24. The Labute approximate surface area is 105 Å². The van der Waals surface area contributed by atoms with Crippen LogP contribution in [-0.4, -0.2) is 15.3 Å². The van der Waals surface area contributed by atoms with Crippen molar-refractivity contribution in [2.24, 2.45) is 5.41 Å². The van der Waals surface area contributed by atoms with E-state index in [9.17, 15) is 0 Å². The number of hydrogen-bond donors (Lipinski definition) is 1. The molecule has 1 N–H and O–H groups in total. The predicted molar refractivity (Wildman–Crippen MR) is 72.0 cm³/mol. The Bertz CT molecular complexity index is 440. The molecule has 2 aromatic rings. The molecular weight excluding hydrogens is 264 g/mol. The summed E-state index contributed by atoms with van der Waals surface area (Å²) in [5.74, 6) is 1.09. The molecule has 0 aliphatic heterocycles. The van der Waals surface area contributed by atoms with Gasteiger partial charge in [-0.05, 0) is 24.0 Å². The van der Waals surface area contributed by atoms with Crippen LogP contribution in [0.5, 0.6) is 0 Å². The van der Waals surface area contributed by atoms with Gasteiger partial charge in [0.25, 0.3) is 0 Å². The number of imidazole rings is 1. The molecule has 0 saturated heterocycles. The molecule has 0 aliphatic rings. The fraction of sp³-hybridized carbons (Fsp3) is 0.462. The van der Waals surface area contributed by atoms with E-state index in [-0.39, 0.29) is 0 Å². The van der Waals surface area contributed by atoms with Gasteiger partial charge in [0.1, 0.15) is 5.82 Å². The highest BCUT2D eigenvalue weighted by molar-refractivity contribution is 9.09. The molecule has 86 valence electrons. The van der Waals surface area contributed by atoms with E-state index in [1.165, 1.54) is 0 Å². The zero-order valence-corrected chi connectivity index (χ0v) is 11.3. The Hall–Kier alpha value is -0.830. The SMILES string of the molecule is CC(C)(CBr)CCc1nc2ccccc2[nH]1. The maximum Gasteiger partial charge on any atom is 0.107 e. The quantitative estimate of drug-likeness (QED) is 0.845.